The minimum atomic E-state index is -0.121. The van der Waals surface area contributed by atoms with Crippen molar-refractivity contribution in [3.63, 3.8) is 0 Å². The van der Waals surface area contributed by atoms with Gasteiger partial charge in [0.2, 0.25) is 0 Å². The van der Waals surface area contributed by atoms with Gasteiger partial charge in [-0.05, 0) is 50.6 Å². The largest absolute Gasteiger partial charge is 0.493 e. The van der Waals surface area contributed by atoms with Gasteiger partial charge in [0.1, 0.15) is 17.3 Å². The van der Waals surface area contributed by atoms with E-state index in [1.165, 1.54) is 0 Å². The van der Waals surface area contributed by atoms with E-state index in [0.717, 1.165) is 40.3 Å². The molecule has 27 heavy (non-hydrogen) atoms. The first kappa shape index (κ1) is 17.3. The summed E-state index contributed by atoms with van der Waals surface area (Å²) in [6.07, 6.45) is 2.59. The Labute approximate surface area is 158 Å². The molecule has 0 bridgehead atoms. The molecule has 5 heteroatoms. The van der Waals surface area contributed by atoms with E-state index < -0.39 is 0 Å². The molecule has 0 aliphatic carbocycles. The fourth-order valence-corrected chi connectivity index (χ4v) is 3.45. The van der Waals surface area contributed by atoms with Crippen LogP contribution < -0.4 is 10.1 Å². The molecule has 4 rings (SSSR count). The van der Waals surface area contributed by atoms with Gasteiger partial charge in [0, 0.05) is 29.4 Å². The van der Waals surface area contributed by atoms with Gasteiger partial charge >= 0.3 is 0 Å². The number of rotatable bonds is 3. The van der Waals surface area contributed by atoms with Crippen molar-refractivity contribution in [3.8, 4) is 16.9 Å². The second-order valence-electron chi connectivity index (χ2n) is 6.93. The zero-order chi connectivity index (χ0) is 19.0. The molecular formula is C22H22N2O3. The number of fused-ring (bicyclic) bond motifs is 1. The molecule has 1 aliphatic rings. The Morgan fingerprint density at radius 2 is 1.93 bits per heavy atom. The molecule has 0 saturated heterocycles. The summed E-state index contributed by atoms with van der Waals surface area (Å²) < 4.78 is 11.3. The summed E-state index contributed by atoms with van der Waals surface area (Å²) in [5, 5.41) is 3.14. The van der Waals surface area contributed by atoms with E-state index in [1.54, 1.807) is 6.07 Å². The SMILES string of the molecule is Cc1ccc(-c2ccc3c(c2)C(NC(=O)c2cc(C)oc2C)CCO3)cn1. The molecule has 0 fully saturated rings. The average Bonchev–Trinajstić information content (AvgIpc) is 3.00. The number of amides is 1. The Balaban J connectivity index is 1.63. The first-order valence-corrected chi connectivity index (χ1v) is 9.09. The van der Waals surface area contributed by atoms with E-state index >= 15 is 0 Å². The number of furan rings is 1. The van der Waals surface area contributed by atoms with E-state index in [0.29, 0.717) is 17.9 Å². The lowest BCUT2D eigenvalue weighted by molar-refractivity contribution is 0.0923. The van der Waals surface area contributed by atoms with Gasteiger partial charge in [0.05, 0.1) is 18.2 Å². The summed E-state index contributed by atoms with van der Waals surface area (Å²) in [7, 11) is 0. The molecule has 0 radical (unpaired) electrons. The Kier molecular flexibility index (Phi) is 4.44. The van der Waals surface area contributed by atoms with Crippen LogP contribution in [0.2, 0.25) is 0 Å². The van der Waals surface area contributed by atoms with Crippen molar-refractivity contribution >= 4 is 5.91 Å². The van der Waals surface area contributed by atoms with Crippen LogP contribution in [0.4, 0.5) is 0 Å². The Morgan fingerprint density at radius 1 is 1.11 bits per heavy atom. The summed E-state index contributed by atoms with van der Waals surface area (Å²) in [5.74, 6) is 2.07. The van der Waals surface area contributed by atoms with Crippen LogP contribution in [-0.2, 0) is 0 Å². The molecule has 1 N–H and O–H groups in total. The van der Waals surface area contributed by atoms with Gasteiger partial charge in [-0.25, -0.2) is 0 Å². The van der Waals surface area contributed by atoms with E-state index in [1.807, 2.05) is 45.2 Å². The summed E-state index contributed by atoms with van der Waals surface area (Å²) >= 11 is 0. The predicted molar refractivity (Wildman–Crippen MR) is 103 cm³/mol. The standard InChI is InChI=1S/C22H22N2O3/c1-13-4-5-17(12-23-13)16-6-7-21-19(11-16)20(8-9-26-21)24-22(25)18-10-14(2)27-15(18)3/h4-7,10-12,20H,8-9H2,1-3H3,(H,24,25). The van der Waals surface area contributed by atoms with Gasteiger partial charge in [0.25, 0.3) is 5.91 Å². The molecule has 1 unspecified atom stereocenters. The first-order chi connectivity index (χ1) is 13.0. The number of pyridine rings is 1. The highest BCUT2D eigenvalue weighted by Crippen LogP contribution is 2.35. The van der Waals surface area contributed by atoms with Crippen molar-refractivity contribution in [2.75, 3.05) is 6.61 Å². The zero-order valence-electron chi connectivity index (χ0n) is 15.7. The third-order valence-electron chi connectivity index (χ3n) is 4.88. The minimum absolute atomic E-state index is 0.103. The Morgan fingerprint density at radius 3 is 2.63 bits per heavy atom. The average molecular weight is 362 g/mol. The highest BCUT2D eigenvalue weighted by atomic mass is 16.5. The van der Waals surface area contributed by atoms with E-state index in [9.17, 15) is 4.79 Å². The van der Waals surface area contributed by atoms with Gasteiger partial charge in [-0.2, -0.15) is 0 Å². The smallest absolute Gasteiger partial charge is 0.255 e. The van der Waals surface area contributed by atoms with Crippen molar-refractivity contribution in [1.82, 2.24) is 10.3 Å². The van der Waals surface area contributed by atoms with Crippen molar-refractivity contribution in [2.24, 2.45) is 0 Å². The van der Waals surface area contributed by atoms with Crippen LogP contribution in [0.1, 0.15) is 45.6 Å². The van der Waals surface area contributed by atoms with Crippen LogP contribution >= 0.6 is 0 Å². The van der Waals surface area contributed by atoms with Crippen LogP contribution in [0.15, 0.2) is 47.0 Å². The molecule has 1 atom stereocenters. The number of nitrogens with zero attached hydrogens (tertiary/aromatic N) is 1. The minimum Gasteiger partial charge on any atom is -0.493 e. The molecule has 3 heterocycles. The highest BCUT2D eigenvalue weighted by molar-refractivity contribution is 5.95. The maximum absolute atomic E-state index is 12.7. The molecule has 5 nitrogen and oxygen atoms in total. The normalized spacial score (nSPS) is 15.7. The number of aromatic nitrogens is 1. The summed E-state index contributed by atoms with van der Waals surface area (Å²) in [5.41, 5.74) is 4.66. The number of carbonyl (C=O) groups excluding carboxylic acids is 1. The first-order valence-electron chi connectivity index (χ1n) is 9.09. The monoisotopic (exact) mass is 362 g/mol. The quantitative estimate of drug-likeness (QED) is 0.744. The van der Waals surface area contributed by atoms with E-state index in [4.69, 9.17) is 9.15 Å². The van der Waals surface area contributed by atoms with Crippen molar-refractivity contribution < 1.29 is 13.9 Å². The fraction of sp³-hybridized carbons (Fsp3) is 0.273. The van der Waals surface area contributed by atoms with Gasteiger partial charge in [-0.3, -0.25) is 9.78 Å². The molecule has 1 amide bonds. The molecular weight excluding hydrogens is 340 g/mol. The van der Waals surface area contributed by atoms with Crippen LogP contribution in [0, 0.1) is 20.8 Å². The Bertz CT molecular complexity index is 989. The van der Waals surface area contributed by atoms with Gasteiger partial charge < -0.3 is 14.5 Å². The van der Waals surface area contributed by atoms with Gasteiger partial charge in [-0.15, -0.1) is 0 Å². The second-order valence-corrected chi connectivity index (χ2v) is 6.93. The number of hydrogen-bond acceptors (Lipinski definition) is 4. The lowest BCUT2D eigenvalue weighted by Crippen LogP contribution is -2.32. The third-order valence-corrected chi connectivity index (χ3v) is 4.88. The maximum atomic E-state index is 12.7. The fourth-order valence-electron chi connectivity index (χ4n) is 3.45. The number of benzene rings is 1. The van der Waals surface area contributed by atoms with Crippen LogP contribution in [0.5, 0.6) is 5.75 Å². The summed E-state index contributed by atoms with van der Waals surface area (Å²) in [6, 6.07) is 11.8. The number of ether oxygens (including phenoxy) is 1. The summed E-state index contributed by atoms with van der Waals surface area (Å²) in [4.78, 5) is 17.1. The molecule has 1 aromatic carbocycles. The predicted octanol–water partition coefficient (Wildman–Crippen LogP) is 4.52. The molecule has 1 aliphatic heterocycles. The molecule has 0 saturated carbocycles. The maximum Gasteiger partial charge on any atom is 0.255 e. The van der Waals surface area contributed by atoms with Crippen LogP contribution in [0.25, 0.3) is 11.1 Å². The summed E-state index contributed by atoms with van der Waals surface area (Å²) in [6.45, 7) is 6.19. The number of hydrogen-bond donors (Lipinski definition) is 1. The van der Waals surface area contributed by atoms with Crippen LogP contribution in [0.3, 0.4) is 0 Å². The van der Waals surface area contributed by atoms with Crippen molar-refractivity contribution in [3.05, 3.63) is 70.9 Å². The number of nitrogens with one attached hydrogen (secondary N) is 1. The number of aryl methyl sites for hydroxylation is 3. The van der Waals surface area contributed by atoms with Crippen molar-refractivity contribution in [1.29, 1.82) is 0 Å². The lowest BCUT2D eigenvalue weighted by atomic mass is 9.95. The molecule has 0 spiro atoms. The molecule has 138 valence electrons. The lowest BCUT2D eigenvalue weighted by Gasteiger charge is -2.27. The highest BCUT2D eigenvalue weighted by Gasteiger charge is 2.25. The van der Waals surface area contributed by atoms with Gasteiger partial charge in [0.15, 0.2) is 0 Å². The Hall–Kier alpha value is -3.08. The third kappa shape index (κ3) is 3.45. The van der Waals surface area contributed by atoms with E-state index in [-0.39, 0.29) is 11.9 Å². The topological polar surface area (TPSA) is 64.4 Å². The molecule has 2 aromatic heterocycles. The van der Waals surface area contributed by atoms with Crippen molar-refractivity contribution in [2.45, 2.75) is 33.2 Å². The molecule has 3 aromatic rings. The number of carbonyl (C=O) groups is 1. The van der Waals surface area contributed by atoms with Gasteiger partial charge in [-0.1, -0.05) is 12.1 Å². The van der Waals surface area contributed by atoms with E-state index in [2.05, 4.69) is 22.4 Å². The zero-order valence-corrected chi connectivity index (χ0v) is 15.7. The van der Waals surface area contributed by atoms with Crippen LogP contribution in [-0.4, -0.2) is 17.5 Å². The second kappa shape index (κ2) is 6.91.